The van der Waals surface area contributed by atoms with Crippen molar-refractivity contribution in [1.29, 1.82) is 0 Å². The Morgan fingerprint density at radius 2 is 2.00 bits per heavy atom. The lowest BCUT2D eigenvalue weighted by Gasteiger charge is -2.05. The summed E-state index contributed by atoms with van der Waals surface area (Å²) in [6.45, 7) is 12.3. The molecule has 0 aromatic heterocycles. The third-order valence-electron chi connectivity index (χ3n) is 2.69. The molecule has 1 nitrogen and oxygen atoms in total. The van der Waals surface area contributed by atoms with Crippen LogP contribution in [-0.4, -0.2) is 0 Å². The highest BCUT2D eigenvalue weighted by atomic mass is 14.6. The molecule has 17 heavy (non-hydrogen) atoms. The van der Waals surface area contributed by atoms with E-state index in [9.17, 15) is 0 Å². The Morgan fingerprint density at radius 3 is 2.47 bits per heavy atom. The molecule has 1 atom stereocenters. The molecule has 0 aliphatic carbocycles. The van der Waals surface area contributed by atoms with Gasteiger partial charge in [-0.15, -0.1) is 6.58 Å². The van der Waals surface area contributed by atoms with Crippen molar-refractivity contribution >= 4 is 0 Å². The molecule has 0 rings (SSSR count). The molecule has 0 heterocycles. The summed E-state index contributed by atoms with van der Waals surface area (Å²) in [5.74, 6) is 0.436. The van der Waals surface area contributed by atoms with Crippen LogP contribution in [0.15, 0.2) is 47.7 Å². The van der Waals surface area contributed by atoms with Crippen molar-refractivity contribution in [3.05, 3.63) is 47.7 Å². The number of nitrogens with two attached hydrogens (primary N) is 1. The van der Waals surface area contributed by atoms with Crippen LogP contribution < -0.4 is 5.73 Å². The average Bonchev–Trinajstić information content (AvgIpc) is 2.27. The Balaban J connectivity index is 4.59. The summed E-state index contributed by atoms with van der Waals surface area (Å²) in [6, 6.07) is 0. The second-order valence-electron chi connectivity index (χ2n) is 4.72. The van der Waals surface area contributed by atoms with E-state index in [0.717, 1.165) is 25.0 Å². The predicted molar refractivity (Wildman–Crippen MR) is 78.7 cm³/mol. The van der Waals surface area contributed by atoms with Gasteiger partial charge in [0.15, 0.2) is 0 Å². The van der Waals surface area contributed by atoms with Crippen LogP contribution in [0.4, 0.5) is 0 Å². The minimum atomic E-state index is 0.436. The smallest absolute Gasteiger partial charge is 0.00832 e. The van der Waals surface area contributed by atoms with E-state index >= 15 is 0 Å². The number of hydrogen-bond acceptors (Lipinski definition) is 1. The molecule has 0 aliphatic rings. The molecule has 0 aliphatic heterocycles. The zero-order valence-electron chi connectivity index (χ0n) is 11.8. The van der Waals surface area contributed by atoms with Crippen LogP contribution in [0.1, 0.15) is 47.0 Å². The van der Waals surface area contributed by atoms with Gasteiger partial charge in [-0.25, -0.2) is 0 Å². The summed E-state index contributed by atoms with van der Waals surface area (Å²) in [4.78, 5) is 0. The maximum atomic E-state index is 5.97. The van der Waals surface area contributed by atoms with Crippen molar-refractivity contribution in [2.75, 3.05) is 0 Å². The van der Waals surface area contributed by atoms with E-state index in [1.54, 1.807) is 0 Å². The number of allylic oxidation sites excluding steroid dienone is 7. The lowest BCUT2D eigenvalue weighted by molar-refractivity contribution is 0.888. The van der Waals surface area contributed by atoms with E-state index in [2.05, 4.69) is 52.5 Å². The van der Waals surface area contributed by atoms with Gasteiger partial charge >= 0.3 is 0 Å². The fraction of sp³-hybridized carbons (Fsp3) is 0.500. The first-order chi connectivity index (χ1) is 8.01. The van der Waals surface area contributed by atoms with E-state index in [1.807, 2.05) is 6.08 Å². The number of rotatable bonds is 7. The van der Waals surface area contributed by atoms with Crippen molar-refractivity contribution in [3.8, 4) is 0 Å². The third-order valence-corrected chi connectivity index (χ3v) is 2.69. The fourth-order valence-electron chi connectivity index (χ4n) is 1.48. The van der Waals surface area contributed by atoms with Gasteiger partial charge in [-0.05, 0) is 44.3 Å². The first-order valence-corrected chi connectivity index (χ1v) is 6.42. The van der Waals surface area contributed by atoms with E-state index in [1.165, 1.54) is 11.1 Å². The molecular weight excluding hydrogens is 206 g/mol. The Labute approximate surface area is 107 Å². The molecule has 1 unspecified atom stereocenters. The maximum absolute atomic E-state index is 5.97. The molecule has 0 spiro atoms. The molecule has 0 saturated heterocycles. The van der Waals surface area contributed by atoms with Gasteiger partial charge < -0.3 is 5.73 Å². The SMILES string of the molecule is C=CC(C)/C=C\CC(/C=C(/N)CCC)=C(C)C. The van der Waals surface area contributed by atoms with Crippen LogP contribution in [0.3, 0.4) is 0 Å². The van der Waals surface area contributed by atoms with Crippen molar-refractivity contribution < 1.29 is 0 Å². The topological polar surface area (TPSA) is 26.0 Å². The molecule has 0 amide bonds. The molecule has 0 saturated carbocycles. The van der Waals surface area contributed by atoms with Crippen molar-refractivity contribution in [2.24, 2.45) is 11.7 Å². The monoisotopic (exact) mass is 233 g/mol. The van der Waals surface area contributed by atoms with Gasteiger partial charge in [-0.2, -0.15) is 0 Å². The Morgan fingerprint density at radius 1 is 1.35 bits per heavy atom. The standard InChI is InChI=1S/C16H27N/c1-6-9-16(17)12-15(13(3)4)11-8-10-14(5)7-2/h7-8,10,12,14H,2,6,9,11,17H2,1,3-5H3/b10-8-,16-12+. The van der Waals surface area contributed by atoms with Crippen LogP contribution in [-0.2, 0) is 0 Å². The molecular formula is C16H27N. The van der Waals surface area contributed by atoms with Crippen molar-refractivity contribution in [2.45, 2.75) is 47.0 Å². The Kier molecular flexibility index (Phi) is 8.21. The van der Waals surface area contributed by atoms with Gasteiger partial charge in [0.2, 0.25) is 0 Å². The zero-order chi connectivity index (χ0) is 13.3. The van der Waals surface area contributed by atoms with E-state index in [4.69, 9.17) is 5.73 Å². The predicted octanol–water partition coefficient (Wildman–Crippen LogP) is 4.73. The van der Waals surface area contributed by atoms with Gasteiger partial charge in [0, 0.05) is 5.70 Å². The van der Waals surface area contributed by atoms with Gasteiger partial charge in [0.1, 0.15) is 0 Å². The van der Waals surface area contributed by atoms with E-state index < -0.39 is 0 Å². The van der Waals surface area contributed by atoms with Gasteiger partial charge in [0.25, 0.3) is 0 Å². The summed E-state index contributed by atoms with van der Waals surface area (Å²) in [7, 11) is 0. The average molecular weight is 233 g/mol. The molecule has 0 radical (unpaired) electrons. The highest BCUT2D eigenvalue weighted by Crippen LogP contribution is 2.14. The first kappa shape index (κ1) is 15.8. The molecule has 96 valence electrons. The van der Waals surface area contributed by atoms with Gasteiger partial charge in [0.05, 0.1) is 0 Å². The van der Waals surface area contributed by atoms with E-state index in [0.29, 0.717) is 5.92 Å². The fourth-order valence-corrected chi connectivity index (χ4v) is 1.48. The summed E-state index contributed by atoms with van der Waals surface area (Å²) in [5, 5.41) is 0. The highest BCUT2D eigenvalue weighted by molar-refractivity contribution is 5.28. The van der Waals surface area contributed by atoms with Crippen molar-refractivity contribution in [1.82, 2.24) is 0 Å². The van der Waals surface area contributed by atoms with Gasteiger partial charge in [-0.1, -0.05) is 44.1 Å². The second kappa shape index (κ2) is 8.86. The highest BCUT2D eigenvalue weighted by Gasteiger charge is 1.97. The third kappa shape index (κ3) is 7.62. The quantitative estimate of drug-likeness (QED) is 0.499. The van der Waals surface area contributed by atoms with Crippen LogP contribution in [0.5, 0.6) is 0 Å². The molecule has 0 bridgehead atoms. The Hall–Kier alpha value is -1.24. The molecule has 1 heteroatoms. The van der Waals surface area contributed by atoms with Crippen molar-refractivity contribution in [3.63, 3.8) is 0 Å². The molecule has 0 fully saturated rings. The second-order valence-corrected chi connectivity index (χ2v) is 4.72. The lowest BCUT2D eigenvalue weighted by atomic mass is 10.0. The lowest BCUT2D eigenvalue weighted by Crippen LogP contribution is -1.97. The minimum absolute atomic E-state index is 0.436. The minimum Gasteiger partial charge on any atom is -0.402 e. The normalized spacial score (nSPS) is 13.8. The summed E-state index contributed by atoms with van der Waals surface area (Å²) >= 11 is 0. The summed E-state index contributed by atoms with van der Waals surface area (Å²) < 4.78 is 0. The van der Waals surface area contributed by atoms with Gasteiger partial charge in [-0.3, -0.25) is 0 Å². The maximum Gasteiger partial charge on any atom is 0.00832 e. The molecule has 2 N–H and O–H groups in total. The molecule has 0 aromatic carbocycles. The van der Waals surface area contributed by atoms with E-state index in [-0.39, 0.29) is 0 Å². The summed E-state index contributed by atoms with van der Waals surface area (Å²) in [5.41, 5.74) is 9.60. The molecule has 0 aromatic rings. The number of hydrogen-bond donors (Lipinski definition) is 1. The largest absolute Gasteiger partial charge is 0.402 e. The van der Waals surface area contributed by atoms with Crippen LogP contribution in [0.2, 0.25) is 0 Å². The first-order valence-electron chi connectivity index (χ1n) is 6.42. The van der Waals surface area contributed by atoms with Crippen LogP contribution >= 0.6 is 0 Å². The Bertz CT molecular complexity index is 314. The summed E-state index contributed by atoms with van der Waals surface area (Å²) in [6.07, 6.45) is 11.5. The van der Waals surface area contributed by atoms with Crippen LogP contribution in [0, 0.1) is 5.92 Å². The van der Waals surface area contributed by atoms with Crippen LogP contribution in [0.25, 0.3) is 0 Å². The zero-order valence-corrected chi connectivity index (χ0v) is 11.8.